The van der Waals surface area contributed by atoms with Crippen LogP contribution in [0.2, 0.25) is 0 Å². The summed E-state index contributed by atoms with van der Waals surface area (Å²) >= 11 is 0. The van der Waals surface area contributed by atoms with E-state index in [2.05, 4.69) is 10.6 Å². The number of carboxylic acids is 1. The Labute approximate surface area is 119 Å². The zero-order chi connectivity index (χ0) is 15.8. The van der Waals surface area contributed by atoms with Crippen molar-refractivity contribution in [3.05, 3.63) is 0 Å². The Morgan fingerprint density at radius 2 is 1.80 bits per heavy atom. The highest BCUT2D eigenvalue weighted by atomic mass is 16.4. The minimum atomic E-state index is -1.32. The minimum Gasteiger partial charge on any atom is -0.480 e. The number of hydrogen-bond donors (Lipinski definition) is 3. The van der Waals surface area contributed by atoms with Crippen LogP contribution in [-0.2, 0) is 9.59 Å². The first kappa shape index (κ1) is 18.2. The predicted molar refractivity (Wildman–Crippen MR) is 75.4 cm³/mol. The molecule has 3 N–H and O–H groups in total. The normalized spacial score (nSPS) is 13.2. The molecule has 3 amide bonds. The first-order chi connectivity index (χ1) is 9.30. The van der Waals surface area contributed by atoms with Crippen LogP contribution in [0.3, 0.4) is 0 Å². The van der Waals surface area contributed by atoms with Crippen LogP contribution in [-0.4, -0.2) is 53.1 Å². The van der Waals surface area contributed by atoms with Gasteiger partial charge in [-0.15, -0.1) is 0 Å². The molecule has 0 spiro atoms. The molecule has 1 atom stereocenters. The molecule has 116 valence electrons. The van der Waals surface area contributed by atoms with Crippen molar-refractivity contribution in [3.8, 4) is 0 Å². The summed E-state index contributed by atoms with van der Waals surface area (Å²) in [5.41, 5.74) is -1.32. The van der Waals surface area contributed by atoms with E-state index in [9.17, 15) is 19.5 Å². The maximum Gasteiger partial charge on any atom is 0.329 e. The summed E-state index contributed by atoms with van der Waals surface area (Å²) in [5.74, 6) is -1.35. The van der Waals surface area contributed by atoms with Crippen LogP contribution in [0, 0.1) is 0 Å². The number of aliphatic carboxylic acids is 1. The Kier molecular flexibility index (Phi) is 7.64. The minimum absolute atomic E-state index is 0.0853. The fourth-order valence-corrected chi connectivity index (χ4v) is 1.79. The quantitative estimate of drug-likeness (QED) is 0.615. The largest absolute Gasteiger partial charge is 0.480 e. The zero-order valence-electron chi connectivity index (χ0n) is 12.7. The Morgan fingerprint density at radius 3 is 2.20 bits per heavy atom. The highest BCUT2D eigenvalue weighted by molar-refractivity contribution is 5.88. The number of likely N-dealkylation sites (N-methyl/N-ethyl adjacent to an activating group) is 2. The fraction of sp³-hybridized carbons (Fsp3) is 0.769. The van der Waals surface area contributed by atoms with E-state index in [-0.39, 0.29) is 12.5 Å². The van der Waals surface area contributed by atoms with Gasteiger partial charge in [-0.2, -0.15) is 0 Å². The van der Waals surface area contributed by atoms with Gasteiger partial charge in [0.1, 0.15) is 12.1 Å². The molecule has 0 saturated carbocycles. The SMILES string of the molecule is CCCC(C)(NC(=O)N(CC)CC(=O)NCC)C(=O)O. The van der Waals surface area contributed by atoms with Crippen molar-refractivity contribution in [2.45, 2.75) is 46.1 Å². The first-order valence-corrected chi connectivity index (χ1v) is 6.87. The third-order valence-electron chi connectivity index (χ3n) is 2.98. The molecule has 0 aromatic rings. The number of carbonyl (C=O) groups is 3. The number of hydrogen-bond acceptors (Lipinski definition) is 3. The molecule has 0 aliphatic rings. The molecule has 0 aliphatic heterocycles. The smallest absolute Gasteiger partial charge is 0.329 e. The molecule has 0 fully saturated rings. The van der Waals surface area contributed by atoms with Gasteiger partial charge < -0.3 is 20.6 Å². The van der Waals surface area contributed by atoms with Crippen molar-refractivity contribution in [1.82, 2.24) is 15.5 Å². The molecule has 0 heterocycles. The van der Waals surface area contributed by atoms with Crippen molar-refractivity contribution in [3.63, 3.8) is 0 Å². The second kappa shape index (κ2) is 8.39. The third kappa shape index (κ3) is 5.46. The summed E-state index contributed by atoms with van der Waals surface area (Å²) in [6, 6.07) is -0.544. The van der Waals surface area contributed by atoms with Crippen LogP contribution in [0.1, 0.15) is 40.5 Å². The fourth-order valence-electron chi connectivity index (χ4n) is 1.79. The molecule has 0 aromatic carbocycles. The van der Waals surface area contributed by atoms with Gasteiger partial charge in [0.05, 0.1) is 0 Å². The molecular weight excluding hydrogens is 262 g/mol. The molecular formula is C13H25N3O4. The Bertz CT molecular complexity index is 360. The van der Waals surface area contributed by atoms with Gasteiger partial charge in [-0.3, -0.25) is 4.79 Å². The third-order valence-corrected chi connectivity index (χ3v) is 2.98. The van der Waals surface area contributed by atoms with Crippen molar-refractivity contribution < 1.29 is 19.5 Å². The average Bonchev–Trinajstić information content (AvgIpc) is 2.36. The van der Waals surface area contributed by atoms with Crippen molar-refractivity contribution in [2.24, 2.45) is 0 Å². The topological polar surface area (TPSA) is 98.7 Å². The highest BCUT2D eigenvalue weighted by Crippen LogP contribution is 2.13. The van der Waals surface area contributed by atoms with Gasteiger partial charge >= 0.3 is 12.0 Å². The summed E-state index contributed by atoms with van der Waals surface area (Å²) in [4.78, 5) is 36.1. The molecule has 7 heteroatoms. The summed E-state index contributed by atoms with van der Waals surface area (Å²) in [5, 5.41) is 14.3. The standard InChI is InChI=1S/C13H25N3O4/c1-5-8-13(4,11(18)19)15-12(20)16(7-3)9-10(17)14-6-2/h5-9H2,1-4H3,(H,14,17)(H,15,20)(H,18,19). The number of rotatable bonds is 8. The second-order valence-corrected chi connectivity index (χ2v) is 4.79. The zero-order valence-corrected chi connectivity index (χ0v) is 12.7. The van der Waals surface area contributed by atoms with E-state index in [0.29, 0.717) is 25.9 Å². The number of amides is 3. The molecule has 0 rings (SSSR count). The van der Waals surface area contributed by atoms with E-state index >= 15 is 0 Å². The van der Waals surface area contributed by atoms with E-state index in [1.807, 2.05) is 6.92 Å². The molecule has 0 radical (unpaired) electrons. The van der Waals surface area contributed by atoms with Gasteiger partial charge in [0, 0.05) is 13.1 Å². The lowest BCUT2D eigenvalue weighted by Crippen LogP contribution is -2.57. The Morgan fingerprint density at radius 1 is 1.20 bits per heavy atom. The Hall–Kier alpha value is -1.79. The van der Waals surface area contributed by atoms with E-state index in [1.54, 1.807) is 13.8 Å². The molecule has 0 bridgehead atoms. The van der Waals surface area contributed by atoms with Gasteiger partial charge in [0.25, 0.3) is 0 Å². The number of carboxylic acid groups (broad SMARTS) is 1. The highest BCUT2D eigenvalue weighted by Gasteiger charge is 2.35. The Balaban J connectivity index is 4.75. The molecule has 1 unspecified atom stereocenters. The number of carbonyl (C=O) groups excluding carboxylic acids is 2. The summed E-state index contributed by atoms with van der Waals surface area (Å²) < 4.78 is 0. The van der Waals surface area contributed by atoms with Crippen LogP contribution in [0.4, 0.5) is 4.79 Å². The van der Waals surface area contributed by atoms with Gasteiger partial charge in [-0.05, 0) is 27.2 Å². The second-order valence-electron chi connectivity index (χ2n) is 4.79. The molecule has 0 saturated heterocycles. The molecule has 7 nitrogen and oxygen atoms in total. The van der Waals surface area contributed by atoms with Crippen molar-refractivity contribution in [1.29, 1.82) is 0 Å². The summed E-state index contributed by atoms with van der Waals surface area (Å²) in [6.07, 6.45) is 0.957. The number of nitrogens with zero attached hydrogens (tertiary/aromatic N) is 1. The van der Waals surface area contributed by atoms with Gasteiger partial charge in [-0.25, -0.2) is 9.59 Å². The van der Waals surface area contributed by atoms with Crippen LogP contribution >= 0.6 is 0 Å². The lowest BCUT2D eigenvalue weighted by molar-refractivity contribution is -0.144. The van der Waals surface area contributed by atoms with Crippen LogP contribution in [0.25, 0.3) is 0 Å². The first-order valence-electron chi connectivity index (χ1n) is 6.87. The summed E-state index contributed by atoms with van der Waals surface area (Å²) in [7, 11) is 0. The monoisotopic (exact) mass is 287 g/mol. The molecule has 20 heavy (non-hydrogen) atoms. The van der Waals surface area contributed by atoms with E-state index in [4.69, 9.17) is 0 Å². The lowest BCUT2D eigenvalue weighted by Gasteiger charge is -2.29. The average molecular weight is 287 g/mol. The van der Waals surface area contributed by atoms with Crippen LogP contribution in [0.5, 0.6) is 0 Å². The maximum absolute atomic E-state index is 12.1. The van der Waals surface area contributed by atoms with E-state index in [0.717, 1.165) is 0 Å². The van der Waals surface area contributed by atoms with Crippen molar-refractivity contribution >= 4 is 17.9 Å². The summed E-state index contributed by atoms with van der Waals surface area (Å²) in [6.45, 7) is 7.56. The van der Waals surface area contributed by atoms with Crippen LogP contribution < -0.4 is 10.6 Å². The van der Waals surface area contributed by atoms with Gasteiger partial charge in [0.2, 0.25) is 5.91 Å². The van der Waals surface area contributed by atoms with E-state index < -0.39 is 17.5 Å². The van der Waals surface area contributed by atoms with Crippen molar-refractivity contribution in [2.75, 3.05) is 19.6 Å². The predicted octanol–water partition coefficient (Wildman–Crippen LogP) is 0.797. The lowest BCUT2D eigenvalue weighted by atomic mass is 9.96. The van der Waals surface area contributed by atoms with E-state index in [1.165, 1.54) is 11.8 Å². The van der Waals surface area contributed by atoms with Gasteiger partial charge in [0.15, 0.2) is 0 Å². The van der Waals surface area contributed by atoms with Crippen LogP contribution in [0.15, 0.2) is 0 Å². The van der Waals surface area contributed by atoms with Gasteiger partial charge in [-0.1, -0.05) is 13.3 Å². The molecule has 0 aliphatic carbocycles. The molecule has 0 aromatic heterocycles. The number of urea groups is 1. The maximum atomic E-state index is 12.1. The number of nitrogens with one attached hydrogen (secondary N) is 2.